The summed E-state index contributed by atoms with van der Waals surface area (Å²) in [6, 6.07) is 5.41. The molecular formula is C14H15ClN4O2. The molecule has 0 radical (unpaired) electrons. The van der Waals surface area contributed by atoms with Crippen molar-refractivity contribution in [3.63, 3.8) is 0 Å². The van der Waals surface area contributed by atoms with Gasteiger partial charge in [0.1, 0.15) is 0 Å². The molecule has 6 nitrogen and oxygen atoms in total. The summed E-state index contributed by atoms with van der Waals surface area (Å²) in [5.41, 5.74) is 2.40. The SMILES string of the molecule is CCn1nccc1CNc1cc(Cl)cc2c1OCC(=O)N2. The number of hydrogen-bond acceptors (Lipinski definition) is 4. The van der Waals surface area contributed by atoms with Gasteiger partial charge in [-0.1, -0.05) is 11.6 Å². The van der Waals surface area contributed by atoms with E-state index in [1.54, 1.807) is 18.3 Å². The minimum absolute atomic E-state index is 0.0101. The number of aryl methyl sites for hydroxylation is 1. The number of nitrogens with one attached hydrogen (secondary N) is 2. The van der Waals surface area contributed by atoms with Gasteiger partial charge in [0.15, 0.2) is 12.4 Å². The summed E-state index contributed by atoms with van der Waals surface area (Å²) in [6.07, 6.45) is 1.77. The quantitative estimate of drug-likeness (QED) is 0.910. The number of anilines is 2. The maximum atomic E-state index is 11.4. The summed E-state index contributed by atoms with van der Waals surface area (Å²) >= 11 is 6.08. The van der Waals surface area contributed by atoms with E-state index in [-0.39, 0.29) is 12.5 Å². The minimum Gasteiger partial charge on any atom is -0.479 e. The van der Waals surface area contributed by atoms with Crippen LogP contribution in [0.25, 0.3) is 0 Å². The van der Waals surface area contributed by atoms with Gasteiger partial charge in [-0.05, 0) is 25.1 Å². The van der Waals surface area contributed by atoms with E-state index >= 15 is 0 Å². The first-order valence-electron chi connectivity index (χ1n) is 6.68. The van der Waals surface area contributed by atoms with E-state index < -0.39 is 0 Å². The fraction of sp³-hybridized carbons (Fsp3) is 0.286. The molecule has 2 N–H and O–H groups in total. The smallest absolute Gasteiger partial charge is 0.262 e. The Morgan fingerprint density at radius 2 is 2.38 bits per heavy atom. The van der Waals surface area contributed by atoms with Crippen molar-refractivity contribution in [2.75, 3.05) is 17.2 Å². The number of carbonyl (C=O) groups is 1. The molecule has 1 amide bonds. The molecule has 0 saturated carbocycles. The first kappa shape index (κ1) is 13.8. The van der Waals surface area contributed by atoms with Crippen LogP contribution in [-0.2, 0) is 17.9 Å². The molecule has 0 bridgehead atoms. The molecule has 110 valence electrons. The van der Waals surface area contributed by atoms with Gasteiger partial charge in [0, 0.05) is 17.8 Å². The molecule has 0 saturated heterocycles. The first-order chi connectivity index (χ1) is 10.2. The third-order valence-corrected chi connectivity index (χ3v) is 3.46. The van der Waals surface area contributed by atoms with Crippen molar-refractivity contribution < 1.29 is 9.53 Å². The third-order valence-electron chi connectivity index (χ3n) is 3.24. The Balaban J connectivity index is 1.84. The average molecular weight is 307 g/mol. The first-order valence-corrected chi connectivity index (χ1v) is 7.06. The molecule has 0 spiro atoms. The van der Waals surface area contributed by atoms with E-state index in [1.165, 1.54) is 0 Å². The van der Waals surface area contributed by atoms with Gasteiger partial charge in [-0.2, -0.15) is 5.10 Å². The number of hydrogen-bond donors (Lipinski definition) is 2. The van der Waals surface area contributed by atoms with Crippen molar-refractivity contribution in [3.8, 4) is 5.75 Å². The lowest BCUT2D eigenvalue weighted by molar-refractivity contribution is -0.118. The molecule has 7 heteroatoms. The third kappa shape index (κ3) is 2.80. The number of amides is 1. The van der Waals surface area contributed by atoms with Gasteiger partial charge >= 0.3 is 0 Å². The minimum atomic E-state index is -0.181. The molecule has 0 fully saturated rings. The lowest BCUT2D eigenvalue weighted by atomic mass is 10.2. The van der Waals surface area contributed by atoms with Crippen LogP contribution in [0.5, 0.6) is 5.75 Å². The van der Waals surface area contributed by atoms with E-state index in [1.807, 2.05) is 17.7 Å². The van der Waals surface area contributed by atoms with Gasteiger partial charge in [0.05, 0.1) is 23.6 Å². The second kappa shape index (κ2) is 5.65. The lowest BCUT2D eigenvalue weighted by Crippen LogP contribution is -2.26. The fourth-order valence-electron chi connectivity index (χ4n) is 2.28. The molecule has 1 aromatic heterocycles. The summed E-state index contributed by atoms with van der Waals surface area (Å²) in [7, 11) is 0. The molecule has 0 atom stereocenters. The van der Waals surface area contributed by atoms with E-state index in [0.717, 1.165) is 17.9 Å². The summed E-state index contributed by atoms with van der Waals surface area (Å²) < 4.78 is 7.40. The predicted molar refractivity (Wildman–Crippen MR) is 80.8 cm³/mol. The summed E-state index contributed by atoms with van der Waals surface area (Å²) in [5.74, 6) is 0.432. The zero-order chi connectivity index (χ0) is 14.8. The van der Waals surface area contributed by atoms with Crippen molar-refractivity contribution in [2.24, 2.45) is 0 Å². The van der Waals surface area contributed by atoms with E-state index in [4.69, 9.17) is 16.3 Å². The van der Waals surface area contributed by atoms with Crippen LogP contribution in [0, 0.1) is 0 Å². The Bertz CT molecular complexity index is 684. The normalized spacial score (nSPS) is 13.3. The molecule has 2 aromatic rings. The van der Waals surface area contributed by atoms with E-state index in [9.17, 15) is 4.79 Å². The van der Waals surface area contributed by atoms with E-state index in [2.05, 4.69) is 15.7 Å². The summed E-state index contributed by atoms with van der Waals surface area (Å²) in [4.78, 5) is 11.4. The maximum absolute atomic E-state index is 11.4. The number of ether oxygens (including phenoxy) is 1. The topological polar surface area (TPSA) is 68.2 Å². The highest BCUT2D eigenvalue weighted by molar-refractivity contribution is 6.31. The number of nitrogens with zero attached hydrogens (tertiary/aromatic N) is 2. The van der Waals surface area contributed by atoms with Crippen LogP contribution in [0.3, 0.4) is 0 Å². The average Bonchev–Trinajstić information content (AvgIpc) is 2.91. The van der Waals surface area contributed by atoms with Crippen LogP contribution < -0.4 is 15.4 Å². The van der Waals surface area contributed by atoms with Gasteiger partial charge in [-0.15, -0.1) is 0 Å². The molecule has 1 aromatic carbocycles. The van der Waals surface area contributed by atoms with Crippen LogP contribution in [-0.4, -0.2) is 22.3 Å². The highest BCUT2D eigenvalue weighted by atomic mass is 35.5. The standard InChI is InChI=1S/C14H15ClN4O2/c1-2-19-10(3-4-17-19)7-16-11-5-9(15)6-12-14(11)21-8-13(20)18-12/h3-6,16H,2,7-8H2,1H3,(H,18,20). The molecular weight excluding hydrogens is 292 g/mol. The molecule has 1 aliphatic rings. The second-order valence-corrected chi connectivity index (χ2v) is 5.10. The van der Waals surface area contributed by atoms with Gasteiger partial charge in [0.25, 0.3) is 5.91 Å². The second-order valence-electron chi connectivity index (χ2n) is 4.66. The van der Waals surface area contributed by atoms with Crippen molar-refractivity contribution >= 4 is 28.9 Å². The van der Waals surface area contributed by atoms with Crippen molar-refractivity contribution in [2.45, 2.75) is 20.0 Å². The highest BCUT2D eigenvalue weighted by Gasteiger charge is 2.20. The summed E-state index contributed by atoms with van der Waals surface area (Å²) in [6.45, 7) is 3.45. The molecule has 0 aliphatic carbocycles. The number of halogens is 1. The zero-order valence-corrected chi connectivity index (χ0v) is 12.3. The van der Waals surface area contributed by atoms with Crippen molar-refractivity contribution in [1.82, 2.24) is 9.78 Å². The number of benzene rings is 1. The van der Waals surface area contributed by atoms with Gasteiger partial charge in [-0.3, -0.25) is 9.48 Å². The Kier molecular flexibility index (Phi) is 3.70. The predicted octanol–water partition coefficient (Wildman–Crippen LogP) is 2.50. The van der Waals surface area contributed by atoms with Crippen molar-refractivity contribution in [3.05, 3.63) is 35.1 Å². The van der Waals surface area contributed by atoms with Gasteiger partial charge in [0.2, 0.25) is 0 Å². The van der Waals surface area contributed by atoms with Crippen LogP contribution in [0.15, 0.2) is 24.4 Å². The monoisotopic (exact) mass is 306 g/mol. The number of rotatable bonds is 4. The van der Waals surface area contributed by atoms with Crippen LogP contribution >= 0.6 is 11.6 Å². The molecule has 21 heavy (non-hydrogen) atoms. The number of carbonyl (C=O) groups excluding carboxylic acids is 1. The Hall–Kier alpha value is -2.21. The van der Waals surface area contributed by atoms with Crippen LogP contribution in [0.2, 0.25) is 5.02 Å². The van der Waals surface area contributed by atoms with Crippen molar-refractivity contribution in [1.29, 1.82) is 0 Å². The fourth-order valence-corrected chi connectivity index (χ4v) is 2.50. The maximum Gasteiger partial charge on any atom is 0.262 e. The Morgan fingerprint density at radius 3 is 3.19 bits per heavy atom. The Labute approximate surface area is 127 Å². The van der Waals surface area contributed by atoms with Crippen LogP contribution in [0.1, 0.15) is 12.6 Å². The highest BCUT2D eigenvalue weighted by Crippen LogP contribution is 2.38. The van der Waals surface area contributed by atoms with E-state index in [0.29, 0.717) is 23.0 Å². The molecule has 0 unspecified atom stereocenters. The largest absolute Gasteiger partial charge is 0.479 e. The van der Waals surface area contributed by atoms with Gasteiger partial charge in [-0.25, -0.2) is 0 Å². The zero-order valence-electron chi connectivity index (χ0n) is 11.5. The molecule has 2 heterocycles. The lowest BCUT2D eigenvalue weighted by Gasteiger charge is -2.21. The Morgan fingerprint density at radius 1 is 1.52 bits per heavy atom. The number of aromatic nitrogens is 2. The summed E-state index contributed by atoms with van der Waals surface area (Å²) in [5, 5.41) is 10.8. The molecule has 3 rings (SSSR count). The van der Waals surface area contributed by atoms with Crippen LogP contribution in [0.4, 0.5) is 11.4 Å². The van der Waals surface area contributed by atoms with Gasteiger partial charge < -0.3 is 15.4 Å². The number of fused-ring (bicyclic) bond motifs is 1. The molecule has 1 aliphatic heterocycles.